The standard InChI is InChI=1S/C10H22N4O3S/c1-8-6-4-5-7-14(8)18(16,17)13(3)9(2)10(11)12-15/h8-9,15H,4-7H2,1-3H3,(H2,11,12). The van der Waals surface area contributed by atoms with Crippen molar-refractivity contribution >= 4 is 16.0 Å². The van der Waals surface area contributed by atoms with Crippen molar-refractivity contribution in [3.8, 4) is 0 Å². The predicted molar refractivity (Wildman–Crippen MR) is 69.6 cm³/mol. The number of piperidine rings is 1. The van der Waals surface area contributed by atoms with E-state index >= 15 is 0 Å². The fourth-order valence-electron chi connectivity index (χ4n) is 2.05. The van der Waals surface area contributed by atoms with Crippen molar-refractivity contribution < 1.29 is 13.6 Å². The second-order valence-electron chi connectivity index (χ2n) is 4.68. The van der Waals surface area contributed by atoms with Crippen molar-refractivity contribution in [3.63, 3.8) is 0 Å². The minimum atomic E-state index is -3.57. The lowest BCUT2D eigenvalue weighted by molar-refractivity contribution is 0.246. The highest BCUT2D eigenvalue weighted by Crippen LogP contribution is 2.22. The largest absolute Gasteiger partial charge is 0.409 e. The minimum absolute atomic E-state index is 0.00862. The van der Waals surface area contributed by atoms with Crippen LogP contribution in [0.25, 0.3) is 0 Å². The van der Waals surface area contributed by atoms with E-state index in [0.717, 1.165) is 23.6 Å². The smallest absolute Gasteiger partial charge is 0.282 e. The molecule has 0 radical (unpaired) electrons. The van der Waals surface area contributed by atoms with Crippen molar-refractivity contribution in [3.05, 3.63) is 0 Å². The molecule has 0 aromatic heterocycles. The van der Waals surface area contributed by atoms with Gasteiger partial charge in [0.1, 0.15) is 0 Å². The van der Waals surface area contributed by atoms with Crippen molar-refractivity contribution in [2.24, 2.45) is 10.9 Å². The average molecular weight is 278 g/mol. The first kappa shape index (κ1) is 15.2. The normalized spacial score (nSPS) is 25.3. The van der Waals surface area contributed by atoms with Gasteiger partial charge in [-0.15, -0.1) is 0 Å². The predicted octanol–water partition coefficient (Wildman–Crippen LogP) is 0.172. The Morgan fingerprint density at radius 3 is 2.67 bits per heavy atom. The molecule has 1 aliphatic rings. The topological polar surface area (TPSA) is 99.2 Å². The summed E-state index contributed by atoms with van der Waals surface area (Å²) in [6.45, 7) is 4.01. The lowest BCUT2D eigenvalue weighted by atomic mass is 10.1. The van der Waals surface area contributed by atoms with Crippen LogP contribution in [-0.4, -0.2) is 53.7 Å². The fourth-order valence-corrected chi connectivity index (χ4v) is 3.81. The molecule has 0 amide bonds. The first-order valence-corrected chi connectivity index (χ1v) is 7.44. The Hall–Kier alpha value is -0.860. The molecule has 1 fully saturated rings. The first-order chi connectivity index (χ1) is 8.32. The van der Waals surface area contributed by atoms with E-state index in [0.29, 0.717) is 6.54 Å². The van der Waals surface area contributed by atoms with Crippen LogP contribution in [0, 0.1) is 0 Å². The van der Waals surface area contributed by atoms with Gasteiger partial charge in [-0.2, -0.15) is 17.0 Å². The molecule has 1 heterocycles. The fraction of sp³-hybridized carbons (Fsp3) is 0.900. The number of hydrogen-bond acceptors (Lipinski definition) is 4. The van der Waals surface area contributed by atoms with Crippen molar-refractivity contribution in [2.75, 3.05) is 13.6 Å². The van der Waals surface area contributed by atoms with Gasteiger partial charge in [-0.1, -0.05) is 11.6 Å². The summed E-state index contributed by atoms with van der Waals surface area (Å²) in [5, 5.41) is 11.5. The number of nitrogens with two attached hydrogens (primary N) is 1. The van der Waals surface area contributed by atoms with E-state index in [1.54, 1.807) is 6.92 Å². The number of hydrogen-bond donors (Lipinski definition) is 2. The maximum atomic E-state index is 12.4. The Morgan fingerprint density at radius 2 is 2.17 bits per heavy atom. The van der Waals surface area contributed by atoms with Gasteiger partial charge < -0.3 is 10.9 Å². The first-order valence-electron chi connectivity index (χ1n) is 6.04. The molecule has 1 rings (SSSR count). The molecule has 1 aliphatic heterocycles. The molecule has 3 N–H and O–H groups in total. The van der Waals surface area contributed by atoms with Crippen LogP contribution in [-0.2, 0) is 10.2 Å². The van der Waals surface area contributed by atoms with E-state index in [4.69, 9.17) is 10.9 Å². The molecule has 0 spiro atoms. The quantitative estimate of drug-likeness (QED) is 0.331. The van der Waals surface area contributed by atoms with Crippen molar-refractivity contribution in [1.82, 2.24) is 8.61 Å². The molecule has 2 atom stereocenters. The maximum absolute atomic E-state index is 12.4. The third-order valence-corrected chi connectivity index (χ3v) is 5.67. The number of rotatable bonds is 4. The summed E-state index contributed by atoms with van der Waals surface area (Å²) in [6, 6.07) is -0.681. The molecular weight excluding hydrogens is 256 g/mol. The van der Waals surface area contributed by atoms with E-state index in [-0.39, 0.29) is 11.9 Å². The number of oxime groups is 1. The zero-order chi connectivity index (χ0) is 13.9. The lowest BCUT2D eigenvalue weighted by Crippen LogP contribution is -2.53. The van der Waals surface area contributed by atoms with Gasteiger partial charge in [-0.3, -0.25) is 0 Å². The second kappa shape index (κ2) is 5.85. The monoisotopic (exact) mass is 278 g/mol. The SMILES string of the molecule is CC(C(N)=NO)N(C)S(=O)(=O)N1CCCCC1C. The summed E-state index contributed by atoms with van der Waals surface area (Å²) in [6.07, 6.45) is 2.78. The van der Waals surface area contributed by atoms with Crippen molar-refractivity contribution in [1.29, 1.82) is 0 Å². The summed E-state index contributed by atoms with van der Waals surface area (Å²) in [5.74, 6) is -0.120. The highest BCUT2D eigenvalue weighted by molar-refractivity contribution is 7.86. The van der Waals surface area contributed by atoms with Crippen LogP contribution in [0.15, 0.2) is 5.16 Å². The Morgan fingerprint density at radius 1 is 1.56 bits per heavy atom. The Kier molecular flexibility index (Phi) is 4.94. The maximum Gasteiger partial charge on any atom is 0.282 e. The van der Waals surface area contributed by atoms with Crippen LogP contribution in [0.1, 0.15) is 33.1 Å². The molecule has 2 unspecified atom stereocenters. The second-order valence-corrected chi connectivity index (χ2v) is 6.62. The molecule has 7 nitrogen and oxygen atoms in total. The number of amidine groups is 1. The van der Waals surface area contributed by atoms with Crippen LogP contribution in [0.5, 0.6) is 0 Å². The van der Waals surface area contributed by atoms with Gasteiger partial charge in [-0.25, -0.2) is 0 Å². The molecule has 1 saturated heterocycles. The van der Waals surface area contributed by atoms with Crippen LogP contribution in [0.3, 0.4) is 0 Å². The van der Waals surface area contributed by atoms with Gasteiger partial charge in [0.15, 0.2) is 5.84 Å². The lowest BCUT2D eigenvalue weighted by Gasteiger charge is -2.36. The summed E-state index contributed by atoms with van der Waals surface area (Å²) in [7, 11) is -2.13. The molecule has 8 heteroatoms. The van der Waals surface area contributed by atoms with Crippen LogP contribution >= 0.6 is 0 Å². The molecule has 0 bridgehead atoms. The van der Waals surface area contributed by atoms with Gasteiger partial charge in [0.25, 0.3) is 10.2 Å². The van der Waals surface area contributed by atoms with Crippen LogP contribution < -0.4 is 5.73 Å². The molecule has 18 heavy (non-hydrogen) atoms. The van der Waals surface area contributed by atoms with Crippen molar-refractivity contribution in [2.45, 2.75) is 45.2 Å². The number of likely N-dealkylation sites (N-methyl/N-ethyl adjacent to an activating group) is 1. The summed E-state index contributed by atoms with van der Waals surface area (Å²) in [4.78, 5) is 0. The minimum Gasteiger partial charge on any atom is -0.409 e. The zero-order valence-corrected chi connectivity index (χ0v) is 11.9. The highest BCUT2D eigenvalue weighted by Gasteiger charge is 2.35. The van der Waals surface area contributed by atoms with E-state index < -0.39 is 16.3 Å². The van der Waals surface area contributed by atoms with E-state index in [1.807, 2.05) is 6.92 Å². The Bertz CT molecular complexity index is 409. The molecule has 0 aromatic carbocycles. The molecular formula is C10H22N4O3S. The van der Waals surface area contributed by atoms with E-state index in [1.165, 1.54) is 11.4 Å². The van der Waals surface area contributed by atoms with Gasteiger partial charge in [-0.05, 0) is 26.7 Å². The molecule has 0 aromatic rings. The Labute approximate surface area is 108 Å². The van der Waals surface area contributed by atoms with Gasteiger partial charge >= 0.3 is 0 Å². The van der Waals surface area contributed by atoms with Gasteiger partial charge in [0.2, 0.25) is 0 Å². The van der Waals surface area contributed by atoms with Crippen LogP contribution in [0.2, 0.25) is 0 Å². The number of nitrogens with zero attached hydrogens (tertiary/aromatic N) is 3. The molecule has 0 aliphatic carbocycles. The average Bonchev–Trinajstić information content (AvgIpc) is 2.36. The summed E-state index contributed by atoms with van der Waals surface area (Å²) in [5.41, 5.74) is 5.45. The Balaban J connectivity index is 2.91. The van der Waals surface area contributed by atoms with Gasteiger partial charge in [0.05, 0.1) is 6.04 Å². The third-order valence-electron chi connectivity index (χ3n) is 3.49. The van der Waals surface area contributed by atoms with E-state index in [2.05, 4.69) is 5.16 Å². The summed E-state index contributed by atoms with van der Waals surface area (Å²) < 4.78 is 27.5. The zero-order valence-electron chi connectivity index (χ0n) is 11.1. The van der Waals surface area contributed by atoms with E-state index in [9.17, 15) is 8.42 Å². The highest BCUT2D eigenvalue weighted by atomic mass is 32.2. The molecule has 0 saturated carbocycles. The molecule has 106 valence electrons. The third kappa shape index (κ3) is 2.93. The summed E-state index contributed by atoms with van der Waals surface area (Å²) >= 11 is 0. The van der Waals surface area contributed by atoms with Gasteiger partial charge in [0, 0.05) is 19.6 Å². The van der Waals surface area contributed by atoms with Crippen LogP contribution in [0.4, 0.5) is 0 Å².